The fraction of sp³-hybridized carbons (Fsp3) is 1.00. The molecule has 3 heterocycles. The minimum atomic E-state index is 0.758. The molecule has 0 aliphatic carbocycles. The van der Waals surface area contributed by atoms with E-state index in [9.17, 15) is 0 Å². The molecule has 0 bridgehead atoms. The van der Waals surface area contributed by atoms with Crippen LogP contribution in [-0.4, -0.2) is 29.2 Å². The van der Waals surface area contributed by atoms with Gasteiger partial charge in [-0.2, -0.15) is 0 Å². The molecule has 3 rings (SSSR count). The summed E-state index contributed by atoms with van der Waals surface area (Å²) in [5.74, 6) is 0. The number of rotatable bonds is 0. The van der Waals surface area contributed by atoms with Gasteiger partial charge in [-0.25, -0.2) is 0 Å². The molecule has 15 heavy (non-hydrogen) atoms. The summed E-state index contributed by atoms with van der Waals surface area (Å²) in [7, 11) is 0. The molecule has 3 saturated heterocycles. The van der Waals surface area contributed by atoms with E-state index in [2.05, 4.69) is 6.92 Å². The Morgan fingerprint density at radius 3 is 2.07 bits per heavy atom. The lowest BCUT2D eigenvalue weighted by molar-refractivity contribution is -1.01. The first-order valence-corrected chi connectivity index (χ1v) is 7.16. The Bertz CT molecular complexity index is 228. The predicted octanol–water partition coefficient (Wildman–Crippen LogP) is 3.48. The average molecular weight is 208 g/mol. The fourth-order valence-corrected chi connectivity index (χ4v) is 5.21. The van der Waals surface area contributed by atoms with Crippen molar-refractivity contribution in [1.82, 2.24) is 0 Å². The zero-order chi connectivity index (χ0) is 10.4. The highest BCUT2D eigenvalue weighted by Crippen LogP contribution is 2.51. The molecule has 1 atom stereocenters. The maximum atomic E-state index is 2.55. The molecule has 0 amide bonds. The van der Waals surface area contributed by atoms with Crippen molar-refractivity contribution in [2.75, 3.05) is 13.1 Å². The van der Waals surface area contributed by atoms with Crippen LogP contribution in [0.4, 0.5) is 0 Å². The van der Waals surface area contributed by atoms with E-state index in [4.69, 9.17) is 0 Å². The van der Waals surface area contributed by atoms with Crippen LogP contribution < -0.4 is 0 Å². The van der Waals surface area contributed by atoms with Crippen LogP contribution in [0.1, 0.15) is 64.7 Å². The third kappa shape index (κ3) is 1.25. The summed E-state index contributed by atoms with van der Waals surface area (Å²) < 4.78 is 1.55. The van der Waals surface area contributed by atoms with Gasteiger partial charge in [-0.15, -0.1) is 0 Å². The molecule has 0 aromatic rings. The van der Waals surface area contributed by atoms with Crippen molar-refractivity contribution < 1.29 is 4.48 Å². The molecule has 0 aromatic carbocycles. The van der Waals surface area contributed by atoms with Crippen LogP contribution in [0.5, 0.6) is 0 Å². The van der Waals surface area contributed by atoms with Crippen LogP contribution in [0.15, 0.2) is 0 Å². The Hall–Kier alpha value is -0.0400. The molecule has 0 spiro atoms. The zero-order valence-electron chi connectivity index (χ0n) is 10.3. The van der Waals surface area contributed by atoms with E-state index >= 15 is 0 Å². The lowest BCUT2D eigenvalue weighted by Gasteiger charge is -2.64. The molecule has 1 heteroatoms. The molecular weight excluding hydrogens is 182 g/mol. The van der Waals surface area contributed by atoms with Crippen molar-refractivity contribution in [2.45, 2.75) is 76.3 Å². The minimum Gasteiger partial charge on any atom is -0.317 e. The summed E-state index contributed by atoms with van der Waals surface area (Å²) in [6.07, 6.45) is 13.7. The van der Waals surface area contributed by atoms with Crippen molar-refractivity contribution >= 4 is 0 Å². The summed E-state index contributed by atoms with van der Waals surface area (Å²) in [4.78, 5) is 0. The average Bonchev–Trinajstić information content (AvgIpc) is 2.28. The van der Waals surface area contributed by atoms with E-state index in [0.29, 0.717) is 0 Å². The molecule has 3 aliphatic rings. The second-order valence-corrected chi connectivity index (χ2v) is 6.36. The van der Waals surface area contributed by atoms with E-state index in [1.807, 2.05) is 0 Å². The van der Waals surface area contributed by atoms with Crippen LogP contribution >= 0.6 is 0 Å². The quantitative estimate of drug-likeness (QED) is 0.535. The predicted molar refractivity (Wildman–Crippen MR) is 63.7 cm³/mol. The van der Waals surface area contributed by atoms with Gasteiger partial charge in [0.25, 0.3) is 0 Å². The molecule has 0 aromatic heterocycles. The largest absolute Gasteiger partial charge is 0.317 e. The molecule has 1 nitrogen and oxygen atoms in total. The molecule has 3 fully saturated rings. The highest BCUT2D eigenvalue weighted by atomic mass is 15.4. The normalized spacial score (nSPS) is 50.6. The van der Waals surface area contributed by atoms with Crippen LogP contribution in [0, 0.1) is 0 Å². The molecule has 86 valence electrons. The Labute approximate surface area is 94.4 Å². The summed E-state index contributed by atoms with van der Waals surface area (Å²) in [6.45, 7) is 5.58. The van der Waals surface area contributed by atoms with E-state index in [1.54, 1.807) is 23.7 Å². The molecule has 3 aliphatic heterocycles. The molecule has 0 radical (unpaired) electrons. The van der Waals surface area contributed by atoms with Gasteiger partial charge in [-0.05, 0) is 45.4 Å². The van der Waals surface area contributed by atoms with Gasteiger partial charge >= 0.3 is 0 Å². The lowest BCUT2D eigenvalue weighted by Crippen LogP contribution is -2.73. The van der Waals surface area contributed by atoms with Crippen LogP contribution in [0.25, 0.3) is 0 Å². The summed E-state index contributed by atoms with van der Waals surface area (Å²) in [5.41, 5.74) is 0.758. The van der Waals surface area contributed by atoms with E-state index in [0.717, 1.165) is 11.6 Å². The van der Waals surface area contributed by atoms with Crippen molar-refractivity contribution in [3.8, 4) is 0 Å². The van der Waals surface area contributed by atoms with Gasteiger partial charge in [-0.1, -0.05) is 0 Å². The van der Waals surface area contributed by atoms with E-state index in [-0.39, 0.29) is 0 Å². The minimum absolute atomic E-state index is 0.758. The second kappa shape index (κ2) is 3.48. The zero-order valence-corrected chi connectivity index (χ0v) is 10.3. The van der Waals surface area contributed by atoms with Gasteiger partial charge in [0.2, 0.25) is 0 Å². The molecule has 0 N–H and O–H groups in total. The SMILES string of the molecule is C[C@H]1CCCC23CCCC[N+]12CCCC3. The van der Waals surface area contributed by atoms with Crippen LogP contribution in [0.3, 0.4) is 0 Å². The number of quaternary nitrogens is 1. The van der Waals surface area contributed by atoms with Crippen molar-refractivity contribution in [3.63, 3.8) is 0 Å². The smallest absolute Gasteiger partial charge is 0.0994 e. The molecule has 0 saturated carbocycles. The Morgan fingerprint density at radius 1 is 0.867 bits per heavy atom. The lowest BCUT2D eigenvalue weighted by atomic mass is 9.69. The number of hydrogen-bond donors (Lipinski definition) is 0. The van der Waals surface area contributed by atoms with E-state index in [1.165, 1.54) is 51.6 Å². The summed E-state index contributed by atoms with van der Waals surface area (Å²) >= 11 is 0. The summed E-state index contributed by atoms with van der Waals surface area (Å²) in [6, 6.07) is 0.972. The summed E-state index contributed by atoms with van der Waals surface area (Å²) in [5, 5.41) is 0. The van der Waals surface area contributed by atoms with Crippen molar-refractivity contribution in [1.29, 1.82) is 0 Å². The highest BCUT2D eigenvalue weighted by Gasteiger charge is 2.57. The first-order valence-electron chi connectivity index (χ1n) is 7.16. The molecular formula is C14H26N+. The molecule has 0 unspecified atom stereocenters. The van der Waals surface area contributed by atoms with Gasteiger partial charge in [-0.3, -0.25) is 0 Å². The second-order valence-electron chi connectivity index (χ2n) is 6.36. The third-order valence-electron chi connectivity index (χ3n) is 5.95. The Kier molecular flexibility index (Phi) is 2.35. The number of hydrogen-bond acceptors (Lipinski definition) is 0. The van der Waals surface area contributed by atoms with Crippen molar-refractivity contribution in [3.05, 3.63) is 0 Å². The first kappa shape index (κ1) is 10.1. The third-order valence-corrected chi connectivity index (χ3v) is 5.95. The number of piperidine rings is 3. The Balaban J connectivity index is 1.99. The van der Waals surface area contributed by atoms with Gasteiger partial charge in [0.05, 0.1) is 24.7 Å². The topological polar surface area (TPSA) is 0 Å². The maximum Gasteiger partial charge on any atom is 0.0994 e. The maximum absolute atomic E-state index is 2.55. The van der Waals surface area contributed by atoms with Gasteiger partial charge in [0.15, 0.2) is 0 Å². The van der Waals surface area contributed by atoms with Gasteiger partial charge in [0, 0.05) is 19.3 Å². The first-order chi connectivity index (χ1) is 7.29. The number of nitrogens with zero attached hydrogens (tertiary/aromatic N) is 1. The standard InChI is InChI=1S/C14H26N/c1-13-7-6-10-14-8-2-4-11-15(13,14)12-5-3-9-14/h13H,2-12H2,1H3/q+1/t13-,14?,15?/m0/s1. The van der Waals surface area contributed by atoms with Crippen LogP contribution in [-0.2, 0) is 0 Å². The highest BCUT2D eigenvalue weighted by molar-refractivity contribution is 4.92. The monoisotopic (exact) mass is 208 g/mol. The Morgan fingerprint density at radius 2 is 1.47 bits per heavy atom. The fourth-order valence-electron chi connectivity index (χ4n) is 5.21. The van der Waals surface area contributed by atoms with Crippen LogP contribution in [0.2, 0.25) is 0 Å². The van der Waals surface area contributed by atoms with Gasteiger partial charge < -0.3 is 4.48 Å². The van der Waals surface area contributed by atoms with Crippen molar-refractivity contribution in [2.24, 2.45) is 0 Å². The van der Waals surface area contributed by atoms with Gasteiger partial charge in [0.1, 0.15) is 0 Å². The van der Waals surface area contributed by atoms with E-state index < -0.39 is 0 Å².